The molecule has 0 aliphatic carbocycles. The third kappa shape index (κ3) is 3.02. The molecule has 0 saturated heterocycles. The predicted molar refractivity (Wildman–Crippen MR) is 80.0 cm³/mol. The summed E-state index contributed by atoms with van der Waals surface area (Å²) in [6.07, 6.45) is 0. The summed E-state index contributed by atoms with van der Waals surface area (Å²) in [5, 5.41) is 3.06. The minimum absolute atomic E-state index is 0.728. The Hall–Kier alpha value is -0.100. The van der Waals surface area contributed by atoms with Gasteiger partial charge < -0.3 is 9.73 Å². The van der Waals surface area contributed by atoms with E-state index in [2.05, 4.69) is 53.1 Å². The van der Waals surface area contributed by atoms with E-state index in [1.807, 2.05) is 31.3 Å². The molecule has 1 heterocycles. The highest BCUT2D eigenvalue weighted by Gasteiger charge is 2.13. The maximum absolute atomic E-state index is 5.77. The van der Waals surface area contributed by atoms with E-state index in [0.717, 1.165) is 37.0 Å². The lowest BCUT2D eigenvalue weighted by Crippen LogP contribution is -2.03. The van der Waals surface area contributed by atoms with Crippen molar-refractivity contribution in [2.24, 2.45) is 0 Å². The second-order valence-corrected chi connectivity index (χ2v) is 6.17. The van der Waals surface area contributed by atoms with Gasteiger partial charge in [0.1, 0.15) is 11.5 Å². The van der Waals surface area contributed by atoms with Crippen LogP contribution in [0.2, 0.25) is 0 Å². The SMILES string of the molecule is CNCc1ccc(-c2c(Br)cc(Br)cc2Br)o1. The first kappa shape index (κ1) is 13.3. The van der Waals surface area contributed by atoms with E-state index in [4.69, 9.17) is 4.42 Å². The van der Waals surface area contributed by atoms with Gasteiger partial charge in [0.15, 0.2) is 0 Å². The van der Waals surface area contributed by atoms with Gasteiger partial charge in [-0.1, -0.05) is 15.9 Å². The number of hydrogen-bond acceptors (Lipinski definition) is 2. The zero-order chi connectivity index (χ0) is 12.4. The largest absolute Gasteiger partial charge is 0.460 e. The van der Waals surface area contributed by atoms with Gasteiger partial charge >= 0.3 is 0 Å². The van der Waals surface area contributed by atoms with Crippen LogP contribution >= 0.6 is 47.8 Å². The molecule has 0 radical (unpaired) electrons. The minimum atomic E-state index is 0.728. The molecule has 1 aromatic heterocycles. The molecule has 17 heavy (non-hydrogen) atoms. The highest BCUT2D eigenvalue weighted by atomic mass is 79.9. The van der Waals surface area contributed by atoms with Crippen LogP contribution in [0.25, 0.3) is 11.3 Å². The normalized spacial score (nSPS) is 10.8. The van der Waals surface area contributed by atoms with Crippen LogP contribution in [0.4, 0.5) is 0 Å². The van der Waals surface area contributed by atoms with Crippen molar-refractivity contribution in [2.45, 2.75) is 6.54 Å². The lowest BCUT2D eigenvalue weighted by molar-refractivity contribution is 0.507. The quantitative estimate of drug-likeness (QED) is 0.755. The average molecular weight is 424 g/mol. The summed E-state index contributed by atoms with van der Waals surface area (Å²) in [5.41, 5.74) is 1.02. The zero-order valence-corrected chi connectivity index (χ0v) is 13.8. The van der Waals surface area contributed by atoms with Gasteiger partial charge in [0.05, 0.1) is 6.54 Å². The molecule has 0 spiro atoms. The Kier molecular flexibility index (Phi) is 4.47. The maximum atomic E-state index is 5.77. The second-order valence-electron chi connectivity index (χ2n) is 3.54. The topological polar surface area (TPSA) is 25.2 Å². The van der Waals surface area contributed by atoms with E-state index in [1.165, 1.54) is 0 Å². The zero-order valence-electron chi connectivity index (χ0n) is 9.06. The van der Waals surface area contributed by atoms with E-state index in [9.17, 15) is 0 Å². The molecular weight excluding hydrogens is 414 g/mol. The smallest absolute Gasteiger partial charge is 0.136 e. The van der Waals surface area contributed by atoms with Crippen molar-refractivity contribution in [3.05, 3.63) is 43.4 Å². The highest BCUT2D eigenvalue weighted by Crippen LogP contribution is 2.38. The number of hydrogen-bond donors (Lipinski definition) is 1. The molecule has 0 saturated carbocycles. The number of benzene rings is 1. The van der Waals surface area contributed by atoms with Crippen LogP contribution < -0.4 is 5.32 Å². The van der Waals surface area contributed by atoms with E-state index >= 15 is 0 Å². The highest BCUT2D eigenvalue weighted by molar-refractivity contribution is 9.11. The number of furan rings is 1. The van der Waals surface area contributed by atoms with E-state index < -0.39 is 0 Å². The van der Waals surface area contributed by atoms with Crippen molar-refractivity contribution in [3.63, 3.8) is 0 Å². The Bertz CT molecular complexity index is 513. The molecule has 2 rings (SSSR count). The molecule has 0 amide bonds. The monoisotopic (exact) mass is 421 g/mol. The number of halogens is 3. The summed E-state index contributed by atoms with van der Waals surface area (Å²) in [7, 11) is 1.90. The van der Waals surface area contributed by atoms with Gasteiger partial charge in [0.25, 0.3) is 0 Å². The second kappa shape index (κ2) is 5.69. The van der Waals surface area contributed by atoms with Gasteiger partial charge in [-0.2, -0.15) is 0 Å². The van der Waals surface area contributed by atoms with Gasteiger partial charge in [0, 0.05) is 19.0 Å². The maximum Gasteiger partial charge on any atom is 0.136 e. The molecule has 90 valence electrons. The third-order valence-corrected chi connectivity index (χ3v) is 3.97. The van der Waals surface area contributed by atoms with Crippen LogP contribution in [-0.2, 0) is 6.54 Å². The van der Waals surface area contributed by atoms with Crippen molar-refractivity contribution in [1.29, 1.82) is 0 Å². The molecule has 2 aromatic rings. The molecule has 0 aliphatic rings. The Morgan fingerprint density at radius 3 is 2.35 bits per heavy atom. The summed E-state index contributed by atoms with van der Waals surface area (Å²) in [4.78, 5) is 0. The van der Waals surface area contributed by atoms with Crippen molar-refractivity contribution < 1.29 is 4.42 Å². The van der Waals surface area contributed by atoms with Crippen molar-refractivity contribution in [3.8, 4) is 11.3 Å². The van der Waals surface area contributed by atoms with Crippen LogP contribution in [0.15, 0.2) is 42.1 Å². The standard InChI is InChI=1S/C12H10Br3NO/c1-16-6-8-2-3-11(17-8)12-9(14)4-7(13)5-10(12)15/h2-5,16H,6H2,1H3. The van der Waals surface area contributed by atoms with Crippen molar-refractivity contribution >= 4 is 47.8 Å². The first-order valence-electron chi connectivity index (χ1n) is 5.00. The molecular formula is C12H10Br3NO. The summed E-state index contributed by atoms with van der Waals surface area (Å²) < 4.78 is 8.77. The number of nitrogens with one attached hydrogen (secondary N) is 1. The first-order valence-corrected chi connectivity index (χ1v) is 7.38. The van der Waals surface area contributed by atoms with Crippen LogP contribution in [0.3, 0.4) is 0 Å². The van der Waals surface area contributed by atoms with Crippen molar-refractivity contribution in [2.75, 3.05) is 7.05 Å². The summed E-state index contributed by atoms with van der Waals surface area (Å²) >= 11 is 10.5. The van der Waals surface area contributed by atoms with Crippen LogP contribution in [0.5, 0.6) is 0 Å². The van der Waals surface area contributed by atoms with Crippen LogP contribution in [-0.4, -0.2) is 7.05 Å². The fourth-order valence-corrected chi connectivity index (χ4v) is 4.21. The molecule has 1 N–H and O–H groups in total. The summed E-state index contributed by atoms with van der Waals surface area (Å²) in [5.74, 6) is 1.77. The van der Waals surface area contributed by atoms with Gasteiger partial charge in [0.2, 0.25) is 0 Å². The summed E-state index contributed by atoms with van der Waals surface area (Å²) in [6.45, 7) is 0.728. The third-order valence-electron chi connectivity index (χ3n) is 2.27. The Morgan fingerprint density at radius 2 is 1.76 bits per heavy atom. The van der Waals surface area contributed by atoms with Gasteiger partial charge in [-0.15, -0.1) is 0 Å². The Morgan fingerprint density at radius 1 is 1.12 bits per heavy atom. The Labute approximate surface area is 125 Å². The molecule has 0 unspecified atom stereocenters. The lowest BCUT2D eigenvalue weighted by Gasteiger charge is -2.05. The fraction of sp³-hybridized carbons (Fsp3) is 0.167. The lowest BCUT2D eigenvalue weighted by atomic mass is 10.2. The van der Waals surface area contributed by atoms with E-state index in [0.29, 0.717) is 0 Å². The van der Waals surface area contributed by atoms with Crippen LogP contribution in [0, 0.1) is 0 Å². The molecule has 2 nitrogen and oxygen atoms in total. The van der Waals surface area contributed by atoms with E-state index in [1.54, 1.807) is 0 Å². The van der Waals surface area contributed by atoms with E-state index in [-0.39, 0.29) is 0 Å². The Balaban J connectivity index is 2.45. The molecule has 5 heteroatoms. The molecule has 0 atom stereocenters. The first-order chi connectivity index (χ1) is 8.11. The van der Waals surface area contributed by atoms with Gasteiger partial charge in [-0.05, 0) is 63.2 Å². The average Bonchev–Trinajstić information content (AvgIpc) is 2.65. The molecule has 0 fully saturated rings. The van der Waals surface area contributed by atoms with Crippen molar-refractivity contribution in [1.82, 2.24) is 5.32 Å². The molecule has 1 aromatic carbocycles. The fourth-order valence-electron chi connectivity index (χ4n) is 1.56. The predicted octanol–water partition coefficient (Wildman–Crippen LogP) is 4.95. The molecule has 0 aliphatic heterocycles. The van der Waals surface area contributed by atoms with Gasteiger partial charge in [-0.3, -0.25) is 0 Å². The molecule has 0 bridgehead atoms. The van der Waals surface area contributed by atoms with Crippen LogP contribution in [0.1, 0.15) is 5.76 Å². The number of rotatable bonds is 3. The minimum Gasteiger partial charge on any atom is -0.460 e. The summed E-state index contributed by atoms with van der Waals surface area (Å²) in [6, 6.07) is 7.96. The van der Waals surface area contributed by atoms with Gasteiger partial charge in [-0.25, -0.2) is 0 Å².